The van der Waals surface area contributed by atoms with Crippen molar-refractivity contribution in [2.24, 2.45) is 0 Å². The zero-order chi connectivity index (χ0) is 34.7. The van der Waals surface area contributed by atoms with Gasteiger partial charge in [-0.15, -0.1) is 0 Å². The zero-order valence-electron chi connectivity index (χ0n) is 28.3. The van der Waals surface area contributed by atoms with Crippen molar-refractivity contribution in [1.29, 1.82) is 0 Å². The Hall–Kier alpha value is -4.83. The number of nitrogens with one attached hydrogen (secondary N) is 1. The first kappa shape index (κ1) is 36.0. The number of amides is 2. The van der Waals surface area contributed by atoms with Gasteiger partial charge in [-0.05, 0) is 55.7 Å². The summed E-state index contributed by atoms with van der Waals surface area (Å²) in [7, 11) is -1.41. The Morgan fingerprint density at radius 1 is 0.792 bits per heavy atom. The lowest BCUT2D eigenvalue weighted by Gasteiger charge is -2.34. The van der Waals surface area contributed by atoms with Crippen molar-refractivity contribution in [3.05, 3.63) is 119 Å². The van der Waals surface area contributed by atoms with Gasteiger partial charge in [0.25, 0.3) is 10.0 Å². The number of rotatable bonds is 16. The maximum atomic E-state index is 14.6. The summed E-state index contributed by atoms with van der Waals surface area (Å²) >= 11 is 0. The number of sulfonamides is 1. The smallest absolute Gasteiger partial charge is 0.264 e. The van der Waals surface area contributed by atoms with Gasteiger partial charge in [-0.3, -0.25) is 13.9 Å². The van der Waals surface area contributed by atoms with Gasteiger partial charge in [0.2, 0.25) is 11.8 Å². The molecule has 254 valence electrons. The molecule has 0 aliphatic carbocycles. The number of nitrogens with zero attached hydrogens (tertiary/aromatic N) is 2. The van der Waals surface area contributed by atoms with E-state index in [1.165, 1.54) is 37.3 Å². The molecule has 1 N–H and O–H groups in total. The van der Waals surface area contributed by atoms with Crippen molar-refractivity contribution >= 4 is 27.5 Å². The SMILES string of the molecule is CCCCNC(=O)[C@H](Cc1ccccc1)N(Cc1ccc(C)cc1)C(=O)CN(c1ccc(C)cc1)S(=O)(=O)c1ccc(OC)c(OC)c1. The van der Waals surface area contributed by atoms with E-state index in [1.54, 1.807) is 24.3 Å². The third-order valence-corrected chi connectivity index (χ3v) is 9.89. The molecule has 0 radical (unpaired) electrons. The Morgan fingerprint density at radius 2 is 1.42 bits per heavy atom. The molecule has 0 aliphatic heterocycles. The van der Waals surface area contributed by atoms with Crippen LogP contribution in [0.1, 0.15) is 42.0 Å². The van der Waals surface area contributed by atoms with Crippen LogP contribution in [-0.4, -0.2) is 58.5 Å². The lowest BCUT2D eigenvalue weighted by atomic mass is 10.0. The van der Waals surface area contributed by atoms with Gasteiger partial charge in [0.15, 0.2) is 11.5 Å². The summed E-state index contributed by atoms with van der Waals surface area (Å²) in [6, 6.07) is 27.6. The van der Waals surface area contributed by atoms with Crippen LogP contribution in [-0.2, 0) is 32.6 Å². The van der Waals surface area contributed by atoms with Gasteiger partial charge in [0.05, 0.1) is 24.8 Å². The molecular formula is C38H45N3O6S. The first-order valence-corrected chi connectivity index (χ1v) is 17.5. The molecular weight excluding hydrogens is 627 g/mol. The summed E-state index contributed by atoms with van der Waals surface area (Å²) in [6.07, 6.45) is 1.94. The van der Waals surface area contributed by atoms with Gasteiger partial charge in [-0.25, -0.2) is 8.42 Å². The molecule has 9 nitrogen and oxygen atoms in total. The summed E-state index contributed by atoms with van der Waals surface area (Å²) in [5.74, 6) is -0.206. The monoisotopic (exact) mass is 671 g/mol. The summed E-state index contributed by atoms with van der Waals surface area (Å²) < 4.78 is 40.6. The topological polar surface area (TPSA) is 105 Å². The first-order chi connectivity index (χ1) is 23.1. The largest absolute Gasteiger partial charge is 0.493 e. The molecule has 48 heavy (non-hydrogen) atoms. The van der Waals surface area contributed by atoms with Crippen LogP contribution in [0, 0.1) is 13.8 Å². The third kappa shape index (κ3) is 9.16. The van der Waals surface area contributed by atoms with E-state index in [9.17, 15) is 18.0 Å². The Bertz CT molecular complexity index is 1760. The molecule has 0 spiro atoms. The standard InChI is InChI=1S/C38H45N3O6S/c1-6-7-23-39-38(43)34(24-30-11-9-8-10-12-30)40(26-31-17-13-28(2)14-18-31)37(42)27-41(32-19-15-29(3)16-20-32)48(44,45)33-21-22-35(46-4)36(25-33)47-5/h8-22,25,34H,6-7,23-24,26-27H2,1-5H3,(H,39,43)/t34-/m0/s1. The highest BCUT2D eigenvalue weighted by Crippen LogP contribution is 2.32. The van der Waals surface area contributed by atoms with E-state index >= 15 is 0 Å². The maximum absolute atomic E-state index is 14.6. The lowest BCUT2D eigenvalue weighted by molar-refractivity contribution is -0.140. The highest BCUT2D eigenvalue weighted by atomic mass is 32.2. The van der Waals surface area contributed by atoms with Gasteiger partial charge < -0.3 is 19.7 Å². The van der Waals surface area contributed by atoms with E-state index in [0.717, 1.165) is 39.4 Å². The fourth-order valence-corrected chi connectivity index (χ4v) is 6.72. The van der Waals surface area contributed by atoms with E-state index in [4.69, 9.17) is 9.47 Å². The molecule has 0 saturated carbocycles. The average Bonchev–Trinajstić information content (AvgIpc) is 3.10. The van der Waals surface area contributed by atoms with Crippen molar-refractivity contribution in [1.82, 2.24) is 10.2 Å². The molecule has 0 aliphatic rings. The molecule has 0 bridgehead atoms. The number of ether oxygens (including phenoxy) is 2. The number of benzene rings is 4. The first-order valence-electron chi connectivity index (χ1n) is 16.1. The van der Waals surface area contributed by atoms with Crippen LogP contribution < -0.4 is 19.1 Å². The molecule has 0 heterocycles. The Labute approximate surface area is 284 Å². The van der Waals surface area contributed by atoms with Crippen molar-refractivity contribution in [2.45, 2.75) is 57.5 Å². The molecule has 0 fully saturated rings. The second kappa shape index (κ2) is 16.8. The van der Waals surface area contributed by atoms with Crippen LogP contribution in [0.15, 0.2) is 102 Å². The van der Waals surface area contributed by atoms with Gasteiger partial charge in [0.1, 0.15) is 12.6 Å². The van der Waals surface area contributed by atoms with Crippen LogP contribution in [0.4, 0.5) is 5.69 Å². The summed E-state index contributed by atoms with van der Waals surface area (Å²) in [6.45, 7) is 5.95. The highest BCUT2D eigenvalue weighted by Gasteiger charge is 2.35. The number of hydrogen-bond donors (Lipinski definition) is 1. The Morgan fingerprint density at radius 3 is 2.02 bits per heavy atom. The number of aryl methyl sites for hydroxylation is 2. The zero-order valence-corrected chi connectivity index (χ0v) is 29.1. The molecule has 0 unspecified atom stereocenters. The average molecular weight is 672 g/mol. The predicted octanol–water partition coefficient (Wildman–Crippen LogP) is 6.07. The van der Waals surface area contributed by atoms with Crippen molar-refractivity contribution in [3.8, 4) is 11.5 Å². The normalized spacial score (nSPS) is 11.8. The number of unbranched alkanes of at least 4 members (excludes halogenated alkanes) is 1. The molecule has 0 saturated heterocycles. The molecule has 4 aromatic carbocycles. The van der Waals surface area contributed by atoms with Gasteiger partial charge >= 0.3 is 0 Å². The quantitative estimate of drug-likeness (QED) is 0.145. The van der Waals surface area contributed by atoms with Crippen LogP contribution in [0.3, 0.4) is 0 Å². The maximum Gasteiger partial charge on any atom is 0.264 e. The summed E-state index contributed by atoms with van der Waals surface area (Å²) in [5, 5.41) is 3.01. The minimum atomic E-state index is -4.30. The minimum Gasteiger partial charge on any atom is -0.493 e. The lowest BCUT2D eigenvalue weighted by Crippen LogP contribution is -2.53. The van der Waals surface area contributed by atoms with E-state index in [0.29, 0.717) is 18.0 Å². The van der Waals surface area contributed by atoms with E-state index in [1.807, 2.05) is 75.4 Å². The van der Waals surface area contributed by atoms with Crippen LogP contribution >= 0.6 is 0 Å². The molecule has 10 heteroatoms. The fraction of sp³-hybridized carbons (Fsp3) is 0.316. The molecule has 4 rings (SSSR count). The van der Waals surface area contributed by atoms with Crippen molar-refractivity contribution in [2.75, 3.05) is 31.6 Å². The van der Waals surface area contributed by atoms with E-state index in [-0.39, 0.29) is 29.5 Å². The van der Waals surface area contributed by atoms with Gasteiger partial charge in [-0.1, -0.05) is 91.2 Å². The molecule has 4 aromatic rings. The van der Waals surface area contributed by atoms with Gasteiger partial charge in [-0.2, -0.15) is 0 Å². The number of carbonyl (C=O) groups is 2. The Balaban J connectivity index is 1.80. The van der Waals surface area contributed by atoms with E-state index < -0.39 is 28.5 Å². The summed E-state index contributed by atoms with van der Waals surface area (Å²) in [5.41, 5.74) is 4.00. The molecule has 1 atom stereocenters. The van der Waals surface area contributed by atoms with E-state index in [2.05, 4.69) is 5.32 Å². The third-order valence-electron chi connectivity index (χ3n) is 8.12. The number of anilines is 1. The van der Waals surface area contributed by atoms with Crippen LogP contribution in [0.25, 0.3) is 0 Å². The Kier molecular flexibility index (Phi) is 12.6. The predicted molar refractivity (Wildman–Crippen MR) is 189 cm³/mol. The number of hydrogen-bond acceptors (Lipinski definition) is 6. The second-order valence-electron chi connectivity index (χ2n) is 11.7. The summed E-state index contributed by atoms with van der Waals surface area (Å²) in [4.78, 5) is 30.0. The minimum absolute atomic E-state index is 0.0725. The molecule has 0 aromatic heterocycles. The van der Waals surface area contributed by atoms with Crippen molar-refractivity contribution < 1.29 is 27.5 Å². The highest BCUT2D eigenvalue weighted by molar-refractivity contribution is 7.92. The number of carbonyl (C=O) groups excluding carboxylic acids is 2. The molecule has 2 amide bonds. The van der Waals surface area contributed by atoms with Crippen LogP contribution in [0.5, 0.6) is 11.5 Å². The van der Waals surface area contributed by atoms with Crippen LogP contribution in [0.2, 0.25) is 0 Å². The van der Waals surface area contributed by atoms with Gasteiger partial charge in [0, 0.05) is 25.6 Å². The second-order valence-corrected chi connectivity index (χ2v) is 13.6. The van der Waals surface area contributed by atoms with Crippen molar-refractivity contribution in [3.63, 3.8) is 0 Å². The fourth-order valence-electron chi connectivity index (χ4n) is 5.29. The number of methoxy groups -OCH3 is 2.